The van der Waals surface area contributed by atoms with Gasteiger partial charge in [0.15, 0.2) is 0 Å². The summed E-state index contributed by atoms with van der Waals surface area (Å²) in [6.07, 6.45) is 12.6. The summed E-state index contributed by atoms with van der Waals surface area (Å²) < 4.78 is 0. The first-order valence-electron chi connectivity index (χ1n) is 6.45. The molecule has 19 heavy (non-hydrogen) atoms. The second kappa shape index (κ2) is 19.1. The van der Waals surface area contributed by atoms with Crippen molar-refractivity contribution >= 4 is 18.8 Å². The summed E-state index contributed by atoms with van der Waals surface area (Å²) in [5.41, 5.74) is 14.5. The van der Waals surface area contributed by atoms with Crippen LogP contribution in [0.5, 0.6) is 0 Å². The second-order valence-corrected chi connectivity index (χ2v) is 8.00. The fourth-order valence-electron chi connectivity index (χ4n) is 2.21. The van der Waals surface area contributed by atoms with Gasteiger partial charge in [-0.2, -0.15) is 0 Å². The van der Waals surface area contributed by atoms with Gasteiger partial charge in [0, 0.05) is 0 Å². The van der Waals surface area contributed by atoms with Crippen LogP contribution in [0.2, 0.25) is 0 Å². The molecule has 2 saturated carbocycles. The maximum absolute atomic E-state index is 7.27. The second-order valence-electron chi connectivity index (χ2n) is 4.72. The zero-order chi connectivity index (χ0) is 12.9. The third-order valence-electron chi connectivity index (χ3n) is 3.21. The number of halogens is 2. The van der Waals surface area contributed by atoms with Gasteiger partial charge in [-0.25, -0.2) is 0 Å². The van der Waals surface area contributed by atoms with E-state index in [0.717, 1.165) is 25.7 Å². The van der Waals surface area contributed by atoms with Gasteiger partial charge in [-0.3, -0.25) is 0 Å². The molecule has 7 heteroatoms. The Balaban J connectivity index is -0.000000207. The van der Waals surface area contributed by atoms with Crippen LogP contribution in [-0.4, -0.2) is 23.0 Å². The smallest absolute Gasteiger partial charge is 0.0534 e. The summed E-state index contributed by atoms with van der Waals surface area (Å²) in [6.45, 7) is 0. The zero-order valence-corrected chi connectivity index (χ0v) is 15.1. The number of hydrogen-bond acceptors (Lipinski definition) is 0. The Kier molecular flexibility index (Phi) is 25.2. The molecular weight excluding hydrogens is 470 g/mol. The summed E-state index contributed by atoms with van der Waals surface area (Å²) in [6, 6.07) is 0.572. The van der Waals surface area contributed by atoms with Crippen molar-refractivity contribution in [1.82, 2.24) is 0 Å². The SMILES string of the molecule is O.O.[Cl][Pt][Cl].[NH-]C1CCCCC1.[NH-]C1CCCCC1. The van der Waals surface area contributed by atoms with Crippen LogP contribution in [-0.2, 0) is 16.5 Å². The molecule has 0 aromatic carbocycles. The average Bonchev–Trinajstić information content (AvgIpc) is 2.33. The molecule has 0 radical (unpaired) electrons. The van der Waals surface area contributed by atoms with Gasteiger partial charge in [0.1, 0.15) is 0 Å². The minimum absolute atomic E-state index is 0. The number of hydrogen-bond donors (Lipinski definition) is 0. The first-order valence-corrected chi connectivity index (χ1v) is 12.1. The molecule has 0 atom stereocenters. The van der Waals surface area contributed by atoms with Gasteiger partial charge < -0.3 is 22.4 Å². The first kappa shape index (κ1) is 25.1. The Morgan fingerprint density at radius 1 is 0.632 bits per heavy atom. The Labute approximate surface area is 134 Å². The molecular formula is C12H28Cl2N2O2Pt-2. The average molecular weight is 498 g/mol. The van der Waals surface area contributed by atoms with Crippen molar-refractivity contribution in [3.05, 3.63) is 11.5 Å². The molecule has 0 aromatic rings. The molecule has 0 spiro atoms. The van der Waals surface area contributed by atoms with Crippen LogP contribution in [0.25, 0.3) is 11.5 Å². The Bertz CT molecular complexity index is 143. The molecule has 0 aliphatic heterocycles. The molecule has 6 N–H and O–H groups in total. The number of nitrogens with one attached hydrogen (secondary N) is 2. The van der Waals surface area contributed by atoms with Crippen molar-refractivity contribution in [3.8, 4) is 0 Å². The fraction of sp³-hybridized carbons (Fsp3) is 1.00. The molecule has 0 amide bonds. The van der Waals surface area contributed by atoms with Crippen LogP contribution in [0.1, 0.15) is 64.2 Å². The molecule has 0 unspecified atom stereocenters. The van der Waals surface area contributed by atoms with E-state index in [0.29, 0.717) is 0 Å². The molecule has 0 aromatic heterocycles. The van der Waals surface area contributed by atoms with Gasteiger partial charge in [-0.1, -0.05) is 64.2 Å². The van der Waals surface area contributed by atoms with Gasteiger partial charge in [-0.05, 0) is 0 Å². The molecule has 0 saturated heterocycles. The minimum atomic E-state index is -0.472. The van der Waals surface area contributed by atoms with E-state index >= 15 is 0 Å². The van der Waals surface area contributed by atoms with E-state index in [9.17, 15) is 0 Å². The summed E-state index contributed by atoms with van der Waals surface area (Å²) in [5, 5.41) is 0. The van der Waals surface area contributed by atoms with Crippen LogP contribution in [0.3, 0.4) is 0 Å². The van der Waals surface area contributed by atoms with Crippen molar-refractivity contribution < 1.29 is 27.4 Å². The van der Waals surface area contributed by atoms with Crippen LogP contribution in [0, 0.1) is 0 Å². The summed E-state index contributed by atoms with van der Waals surface area (Å²) in [7, 11) is 9.75. The van der Waals surface area contributed by atoms with Gasteiger partial charge in [-0.15, -0.1) is 12.1 Å². The Morgan fingerprint density at radius 2 is 0.842 bits per heavy atom. The van der Waals surface area contributed by atoms with Crippen LogP contribution in [0.4, 0.5) is 0 Å². The van der Waals surface area contributed by atoms with Crippen LogP contribution >= 0.6 is 18.8 Å². The van der Waals surface area contributed by atoms with E-state index in [1.165, 1.54) is 38.5 Å². The van der Waals surface area contributed by atoms with Crippen LogP contribution in [0.15, 0.2) is 0 Å². The Hall–Kier alpha value is 1.11. The minimum Gasteiger partial charge on any atom is -0.675 e. The topological polar surface area (TPSA) is 111 Å². The largest absolute Gasteiger partial charge is 0.675 e. The number of rotatable bonds is 0. The maximum Gasteiger partial charge on any atom is -0.0534 e. The summed E-state index contributed by atoms with van der Waals surface area (Å²) in [4.78, 5) is 0. The Morgan fingerprint density at radius 3 is 0.947 bits per heavy atom. The fourth-order valence-corrected chi connectivity index (χ4v) is 2.21. The van der Waals surface area contributed by atoms with Gasteiger partial charge >= 0.3 is 35.3 Å². The normalized spacial score (nSPS) is 19.8. The van der Waals surface area contributed by atoms with Gasteiger partial charge in [0.2, 0.25) is 0 Å². The van der Waals surface area contributed by atoms with E-state index in [1.807, 2.05) is 0 Å². The first-order chi connectivity index (χ1) is 8.20. The van der Waals surface area contributed by atoms with Gasteiger partial charge in [0.05, 0.1) is 0 Å². The van der Waals surface area contributed by atoms with Gasteiger partial charge in [0.25, 0.3) is 0 Å². The molecule has 124 valence electrons. The maximum atomic E-state index is 7.27. The molecule has 4 nitrogen and oxygen atoms in total. The predicted molar refractivity (Wildman–Crippen MR) is 81.3 cm³/mol. The zero-order valence-electron chi connectivity index (χ0n) is 11.3. The van der Waals surface area contributed by atoms with E-state index < -0.39 is 16.5 Å². The van der Waals surface area contributed by atoms with E-state index in [2.05, 4.69) is 0 Å². The third kappa shape index (κ3) is 19.1. The van der Waals surface area contributed by atoms with Crippen molar-refractivity contribution in [2.75, 3.05) is 0 Å². The molecule has 2 aliphatic carbocycles. The van der Waals surface area contributed by atoms with Crippen molar-refractivity contribution in [2.45, 2.75) is 76.3 Å². The monoisotopic (exact) mass is 497 g/mol. The van der Waals surface area contributed by atoms with Crippen molar-refractivity contribution in [3.63, 3.8) is 0 Å². The quantitative estimate of drug-likeness (QED) is 0.470. The summed E-state index contributed by atoms with van der Waals surface area (Å²) >= 11 is -0.472. The third-order valence-corrected chi connectivity index (χ3v) is 3.21. The van der Waals surface area contributed by atoms with E-state index in [1.54, 1.807) is 0 Å². The standard InChI is InChI=1S/2C6H12N.2ClH.2H2O.Pt/c2*7-6-4-2-1-3-5-6;;;;;/h2*6-7H,1-5H2;2*1H;2*1H2;/q2*-1;;;;;+2/p-2. The molecule has 0 bridgehead atoms. The van der Waals surface area contributed by atoms with Crippen molar-refractivity contribution in [2.24, 2.45) is 0 Å². The molecule has 2 fully saturated rings. The van der Waals surface area contributed by atoms with E-state index in [-0.39, 0.29) is 23.0 Å². The molecule has 2 aliphatic rings. The van der Waals surface area contributed by atoms with Crippen LogP contribution < -0.4 is 0 Å². The molecule has 2 rings (SSSR count). The van der Waals surface area contributed by atoms with E-state index in [4.69, 9.17) is 30.3 Å². The summed E-state index contributed by atoms with van der Waals surface area (Å²) in [5.74, 6) is 0. The molecule has 0 heterocycles. The predicted octanol–water partition coefficient (Wildman–Crippen LogP) is 4.47. The van der Waals surface area contributed by atoms with Crippen molar-refractivity contribution in [1.29, 1.82) is 0 Å².